The summed E-state index contributed by atoms with van der Waals surface area (Å²) in [6.07, 6.45) is 1.65. The van der Waals surface area contributed by atoms with E-state index in [1.807, 2.05) is 0 Å². The first-order valence-corrected chi connectivity index (χ1v) is 9.02. The minimum absolute atomic E-state index is 0.122. The average molecular weight is 409 g/mol. The highest BCUT2D eigenvalue weighted by atomic mass is 35.5. The van der Waals surface area contributed by atoms with Crippen molar-refractivity contribution in [3.05, 3.63) is 44.5 Å². The van der Waals surface area contributed by atoms with E-state index in [2.05, 4.69) is 9.97 Å². The first-order chi connectivity index (χ1) is 12.3. The second-order valence-corrected chi connectivity index (χ2v) is 7.41. The highest BCUT2D eigenvalue weighted by Crippen LogP contribution is 2.39. The summed E-state index contributed by atoms with van der Waals surface area (Å²) in [5.74, 6) is -0.253. The Hall–Kier alpha value is -2.19. The fourth-order valence-corrected chi connectivity index (χ4v) is 3.66. The van der Waals surface area contributed by atoms with Crippen molar-refractivity contribution in [2.75, 3.05) is 12.3 Å². The molecular weight excluding hydrogens is 395 g/mol. The Morgan fingerprint density at radius 1 is 1.31 bits per heavy atom. The number of fused-ring (bicyclic) bond motifs is 1. The normalized spacial score (nSPS) is 11.9. The van der Waals surface area contributed by atoms with Crippen molar-refractivity contribution in [1.82, 2.24) is 9.97 Å². The number of benzene rings is 1. The van der Waals surface area contributed by atoms with Gasteiger partial charge < -0.3 is 16.6 Å². The van der Waals surface area contributed by atoms with Crippen LogP contribution in [0.5, 0.6) is 0 Å². The van der Waals surface area contributed by atoms with E-state index in [4.69, 9.17) is 34.7 Å². The maximum Gasteiger partial charge on any atom is 0.260 e. The molecule has 1 amide bonds. The Morgan fingerprint density at radius 3 is 2.65 bits per heavy atom. The van der Waals surface area contributed by atoms with Gasteiger partial charge in [0.25, 0.3) is 5.91 Å². The van der Waals surface area contributed by atoms with Crippen molar-refractivity contribution in [2.45, 2.75) is 6.92 Å². The van der Waals surface area contributed by atoms with Crippen molar-refractivity contribution in [3.8, 4) is 11.3 Å². The van der Waals surface area contributed by atoms with Crippen LogP contribution in [0.4, 0.5) is 5.69 Å². The first kappa shape index (κ1) is 18.6. The van der Waals surface area contributed by atoms with E-state index in [0.717, 1.165) is 11.3 Å². The summed E-state index contributed by atoms with van der Waals surface area (Å²) in [6.45, 7) is 1.63. The number of nitrogens with two attached hydrogens (primary N) is 2. The molecule has 0 saturated carbocycles. The van der Waals surface area contributed by atoms with E-state index in [9.17, 15) is 9.90 Å². The maximum atomic E-state index is 11.7. The third-order valence-electron chi connectivity index (χ3n) is 3.65. The van der Waals surface area contributed by atoms with Crippen LogP contribution < -0.4 is 11.5 Å². The van der Waals surface area contributed by atoms with Crippen LogP contribution in [0.25, 0.3) is 27.6 Å². The van der Waals surface area contributed by atoms with Crippen LogP contribution in [-0.2, 0) is 0 Å². The Bertz CT molecular complexity index is 1060. The molecule has 5 N–H and O–H groups in total. The molecule has 0 bridgehead atoms. The summed E-state index contributed by atoms with van der Waals surface area (Å²) in [4.78, 5) is 21.4. The van der Waals surface area contributed by atoms with Gasteiger partial charge in [0.2, 0.25) is 0 Å². The van der Waals surface area contributed by atoms with Crippen LogP contribution in [0.1, 0.15) is 22.4 Å². The Labute approximate surface area is 163 Å². The number of aliphatic hydroxyl groups is 1. The lowest BCUT2D eigenvalue weighted by Gasteiger charge is -2.07. The van der Waals surface area contributed by atoms with Gasteiger partial charge in [0, 0.05) is 5.56 Å². The van der Waals surface area contributed by atoms with Gasteiger partial charge in [-0.3, -0.25) is 4.79 Å². The van der Waals surface area contributed by atoms with Gasteiger partial charge in [-0.1, -0.05) is 29.3 Å². The van der Waals surface area contributed by atoms with E-state index < -0.39 is 5.91 Å². The smallest absolute Gasteiger partial charge is 0.260 e. The summed E-state index contributed by atoms with van der Waals surface area (Å²) in [7, 11) is 0. The monoisotopic (exact) mass is 408 g/mol. The molecule has 2 aromatic heterocycles. The number of hydrogen-bond acceptors (Lipinski definition) is 6. The highest BCUT2D eigenvalue weighted by molar-refractivity contribution is 7.21. The van der Waals surface area contributed by atoms with Gasteiger partial charge in [0.05, 0.1) is 33.4 Å². The molecule has 134 valence electrons. The molecule has 2 heterocycles. The number of aliphatic hydroxyl groups excluding tert-OH is 1. The van der Waals surface area contributed by atoms with Gasteiger partial charge in [-0.2, -0.15) is 0 Å². The molecule has 0 unspecified atom stereocenters. The fraction of sp³-hybridized carbons (Fsp3) is 0.118. The van der Waals surface area contributed by atoms with E-state index in [-0.39, 0.29) is 17.2 Å². The SMILES string of the molecule is C/C(=C\c1nc(-c2ccc(Cl)c(Cl)c2)c2c(N)c(C(N)=O)sc2n1)CO. The topological polar surface area (TPSA) is 115 Å². The average Bonchev–Trinajstić information content (AvgIpc) is 2.93. The number of carbonyl (C=O) groups excluding carboxylic acids is 1. The molecule has 3 aromatic rings. The van der Waals surface area contributed by atoms with E-state index in [1.54, 1.807) is 31.2 Å². The van der Waals surface area contributed by atoms with Gasteiger partial charge in [-0.15, -0.1) is 11.3 Å². The van der Waals surface area contributed by atoms with Crippen LogP contribution in [0.2, 0.25) is 10.0 Å². The molecule has 9 heteroatoms. The number of hydrogen-bond donors (Lipinski definition) is 3. The van der Waals surface area contributed by atoms with Gasteiger partial charge in [-0.25, -0.2) is 9.97 Å². The number of nitrogen functional groups attached to an aromatic ring is 1. The fourth-order valence-electron chi connectivity index (χ4n) is 2.40. The molecule has 0 atom stereocenters. The molecule has 3 rings (SSSR count). The number of thiophene rings is 1. The highest BCUT2D eigenvalue weighted by Gasteiger charge is 2.21. The van der Waals surface area contributed by atoms with Crippen molar-refractivity contribution in [1.29, 1.82) is 0 Å². The van der Waals surface area contributed by atoms with Crippen molar-refractivity contribution < 1.29 is 9.90 Å². The van der Waals surface area contributed by atoms with Crippen LogP contribution in [0.15, 0.2) is 23.8 Å². The van der Waals surface area contributed by atoms with Crippen molar-refractivity contribution >= 4 is 62.4 Å². The molecular formula is C17H14Cl2N4O2S. The van der Waals surface area contributed by atoms with Crippen molar-refractivity contribution in [2.24, 2.45) is 5.73 Å². The summed E-state index contributed by atoms with van der Waals surface area (Å²) in [5, 5.41) is 10.6. The number of halogens is 2. The number of carbonyl (C=O) groups is 1. The standard InChI is InChI=1S/C17H14Cl2N4O2S/c1-7(6-24)4-11-22-14(8-2-3-9(18)10(19)5-8)12-13(20)15(16(21)25)26-17(12)23-11/h2-5,24H,6,20H2,1H3,(H2,21,25)/b7-4+. The summed E-state index contributed by atoms with van der Waals surface area (Å²) >= 11 is 13.2. The second-order valence-electron chi connectivity index (χ2n) is 5.60. The molecule has 0 aliphatic carbocycles. The molecule has 6 nitrogen and oxygen atoms in total. The Kier molecular flexibility index (Phi) is 5.15. The largest absolute Gasteiger partial charge is 0.397 e. The number of aromatic nitrogens is 2. The van der Waals surface area contributed by atoms with Crippen LogP contribution in [0, 0.1) is 0 Å². The van der Waals surface area contributed by atoms with E-state index in [1.165, 1.54) is 0 Å². The van der Waals surface area contributed by atoms with Crippen molar-refractivity contribution in [3.63, 3.8) is 0 Å². The lowest BCUT2D eigenvalue weighted by Crippen LogP contribution is -2.10. The molecule has 26 heavy (non-hydrogen) atoms. The number of nitrogens with zero attached hydrogens (tertiary/aromatic N) is 2. The number of rotatable bonds is 4. The molecule has 0 radical (unpaired) electrons. The first-order valence-electron chi connectivity index (χ1n) is 7.45. The summed E-state index contributed by atoms with van der Waals surface area (Å²) < 4.78 is 0. The predicted octanol–water partition coefficient (Wildman–Crippen LogP) is 3.74. The number of primary amides is 1. The second kappa shape index (κ2) is 7.20. The summed E-state index contributed by atoms with van der Waals surface area (Å²) in [5.41, 5.74) is 13.6. The number of anilines is 1. The third kappa shape index (κ3) is 3.39. The molecule has 0 saturated heterocycles. The van der Waals surface area contributed by atoms with Gasteiger partial charge in [0.15, 0.2) is 5.82 Å². The minimum atomic E-state index is -0.630. The Balaban J connectivity index is 2.36. The molecule has 0 spiro atoms. The molecule has 1 aromatic carbocycles. The minimum Gasteiger partial charge on any atom is -0.397 e. The predicted molar refractivity (Wildman–Crippen MR) is 107 cm³/mol. The third-order valence-corrected chi connectivity index (χ3v) is 5.50. The maximum absolute atomic E-state index is 11.7. The number of amides is 1. The lowest BCUT2D eigenvalue weighted by atomic mass is 10.1. The zero-order valence-electron chi connectivity index (χ0n) is 13.6. The lowest BCUT2D eigenvalue weighted by molar-refractivity contribution is 0.100. The van der Waals surface area contributed by atoms with Gasteiger partial charge >= 0.3 is 0 Å². The van der Waals surface area contributed by atoms with Gasteiger partial charge in [-0.05, 0) is 30.7 Å². The summed E-state index contributed by atoms with van der Waals surface area (Å²) in [6, 6.07) is 5.07. The Morgan fingerprint density at radius 2 is 2.04 bits per heavy atom. The zero-order valence-corrected chi connectivity index (χ0v) is 15.9. The zero-order chi connectivity index (χ0) is 19.0. The molecule has 0 aliphatic heterocycles. The van der Waals surface area contributed by atoms with Crippen LogP contribution in [-0.4, -0.2) is 27.6 Å². The quantitative estimate of drug-likeness (QED) is 0.607. The van der Waals surface area contributed by atoms with Gasteiger partial charge in [0.1, 0.15) is 9.71 Å². The van der Waals surface area contributed by atoms with E-state index >= 15 is 0 Å². The molecule has 0 aliphatic rings. The molecule has 0 fully saturated rings. The van der Waals surface area contributed by atoms with E-state index in [0.29, 0.717) is 42.9 Å². The van der Waals surface area contributed by atoms with Crippen LogP contribution in [0.3, 0.4) is 0 Å². The van der Waals surface area contributed by atoms with Crippen LogP contribution >= 0.6 is 34.5 Å².